The fourth-order valence-electron chi connectivity index (χ4n) is 1.57. The van der Waals surface area contributed by atoms with Crippen LogP contribution in [0.25, 0.3) is 0 Å². The molecule has 0 bridgehead atoms. The zero-order valence-corrected chi connectivity index (χ0v) is 10.5. The Morgan fingerprint density at radius 2 is 2.11 bits per heavy atom. The molecule has 0 amide bonds. The van der Waals surface area contributed by atoms with Gasteiger partial charge in [-0.05, 0) is 25.1 Å². The summed E-state index contributed by atoms with van der Waals surface area (Å²) < 4.78 is 7.29. The van der Waals surface area contributed by atoms with Crippen LogP contribution in [-0.4, -0.2) is 27.9 Å². The maximum Gasteiger partial charge on any atom is 0.164 e. The van der Waals surface area contributed by atoms with Crippen molar-refractivity contribution in [1.82, 2.24) is 20.1 Å². The molecule has 1 heterocycles. The number of hydrogen-bond acceptors (Lipinski definition) is 4. The normalized spacial score (nSPS) is 10.5. The lowest BCUT2D eigenvalue weighted by Gasteiger charge is -2.05. The Kier molecular flexibility index (Phi) is 4.72. The number of ether oxygens (including phenoxy) is 1. The van der Waals surface area contributed by atoms with Gasteiger partial charge in [0.1, 0.15) is 12.1 Å². The van der Waals surface area contributed by atoms with Crippen LogP contribution in [0.5, 0.6) is 5.75 Å². The number of hydrogen-bond donors (Lipinski definition) is 1. The zero-order chi connectivity index (χ0) is 12.6. The highest BCUT2D eigenvalue weighted by Gasteiger charge is 1.97. The molecular weight excluding hydrogens is 228 g/mol. The van der Waals surface area contributed by atoms with Crippen molar-refractivity contribution in [2.75, 3.05) is 13.2 Å². The maximum absolute atomic E-state index is 5.59. The van der Waals surface area contributed by atoms with Crippen LogP contribution < -0.4 is 10.1 Å². The molecule has 0 saturated heterocycles. The summed E-state index contributed by atoms with van der Waals surface area (Å²) in [6, 6.07) is 9.85. The zero-order valence-electron chi connectivity index (χ0n) is 10.5. The van der Waals surface area contributed by atoms with Crippen LogP contribution in [0.3, 0.4) is 0 Å². The second kappa shape index (κ2) is 6.76. The Hall–Kier alpha value is -1.88. The highest BCUT2D eigenvalue weighted by molar-refractivity contribution is 5.20. The Labute approximate surface area is 107 Å². The summed E-state index contributed by atoms with van der Waals surface area (Å²) in [5.41, 5.74) is 0. The third-order valence-electron chi connectivity index (χ3n) is 2.44. The molecular formula is C13H18N4O. The van der Waals surface area contributed by atoms with Gasteiger partial charge in [-0.2, -0.15) is 5.10 Å². The van der Waals surface area contributed by atoms with Gasteiger partial charge in [-0.3, -0.25) is 4.68 Å². The molecule has 2 rings (SSSR count). The molecule has 0 fully saturated rings. The standard InChI is InChI=1S/C13H18N4O/c1-17-11-15-13(16-17)10-14-8-5-9-18-12-6-3-2-4-7-12/h2-4,6-7,11,14H,5,8-10H2,1H3. The van der Waals surface area contributed by atoms with E-state index in [1.807, 2.05) is 37.4 Å². The summed E-state index contributed by atoms with van der Waals surface area (Å²) in [5.74, 6) is 1.74. The van der Waals surface area contributed by atoms with E-state index in [4.69, 9.17) is 4.74 Å². The van der Waals surface area contributed by atoms with Gasteiger partial charge in [0, 0.05) is 7.05 Å². The van der Waals surface area contributed by atoms with Gasteiger partial charge in [-0.25, -0.2) is 4.98 Å². The lowest BCUT2D eigenvalue weighted by Crippen LogP contribution is -2.18. The first kappa shape index (κ1) is 12.6. The number of aromatic nitrogens is 3. The Balaban J connectivity index is 1.54. The van der Waals surface area contributed by atoms with Crippen molar-refractivity contribution in [3.8, 4) is 5.75 Å². The van der Waals surface area contributed by atoms with Gasteiger partial charge in [0.25, 0.3) is 0 Å². The average Bonchev–Trinajstić information content (AvgIpc) is 2.81. The lowest BCUT2D eigenvalue weighted by molar-refractivity contribution is 0.308. The van der Waals surface area contributed by atoms with Gasteiger partial charge < -0.3 is 10.1 Å². The molecule has 1 aromatic carbocycles. The average molecular weight is 246 g/mol. The number of para-hydroxylation sites is 1. The molecule has 0 aliphatic rings. The Bertz CT molecular complexity index is 455. The maximum atomic E-state index is 5.59. The first-order valence-electron chi connectivity index (χ1n) is 6.07. The third-order valence-corrected chi connectivity index (χ3v) is 2.44. The SMILES string of the molecule is Cn1cnc(CNCCCOc2ccccc2)n1. The largest absolute Gasteiger partial charge is 0.494 e. The molecule has 96 valence electrons. The van der Waals surface area contributed by atoms with Crippen molar-refractivity contribution in [1.29, 1.82) is 0 Å². The summed E-state index contributed by atoms with van der Waals surface area (Å²) in [4.78, 5) is 4.14. The molecule has 1 N–H and O–H groups in total. The Morgan fingerprint density at radius 3 is 2.83 bits per heavy atom. The van der Waals surface area contributed by atoms with Gasteiger partial charge in [0.05, 0.1) is 13.2 Å². The molecule has 0 aliphatic carbocycles. The predicted molar refractivity (Wildman–Crippen MR) is 69.3 cm³/mol. The molecule has 0 spiro atoms. The van der Waals surface area contributed by atoms with Crippen molar-refractivity contribution >= 4 is 0 Å². The van der Waals surface area contributed by atoms with E-state index in [0.717, 1.165) is 24.5 Å². The summed E-state index contributed by atoms with van der Waals surface area (Å²) in [7, 11) is 1.87. The van der Waals surface area contributed by atoms with Crippen LogP contribution in [0.4, 0.5) is 0 Å². The molecule has 0 unspecified atom stereocenters. The summed E-state index contributed by atoms with van der Waals surface area (Å²) in [5, 5.41) is 7.47. The van der Waals surface area contributed by atoms with Gasteiger partial charge >= 0.3 is 0 Å². The number of aryl methyl sites for hydroxylation is 1. The highest BCUT2D eigenvalue weighted by atomic mass is 16.5. The summed E-state index contributed by atoms with van der Waals surface area (Å²) >= 11 is 0. The van der Waals surface area contributed by atoms with E-state index >= 15 is 0 Å². The quantitative estimate of drug-likeness (QED) is 0.750. The first-order chi connectivity index (χ1) is 8.84. The van der Waals surface area contributed by atoms with E-state index in [9.17, 15) is 0 Å². The second-order valence-corrected chi connectivity index (χ2v) is 4.03. The fraction of sp³-hybridized carbons (Fsp3) is 0.385. The van der Waals surface area contributed by atoms with E-state index in [1.54, 1.807) is 11.0 Å². The minimum atomic E-state index is 0.701. The molecule has 5 heteroatoms. The first-order valence-corrected chi connectivity index (χ1v) is 6.07. The molecule has 2 aromatic rings. The summed E-state index contributed by atoms with van der Waals surface area (Å²) in [6.45, 7) is 2.31. The van der Waals surface area contributed by atoms with Gasteiger partial charge in [-0.15, -0.1) is 0 Å². The topological polar surface area (TPSA) is 52.0 Å². The van der Waals surface area contributed by atoms with E-state index in [-0.39, 0.29) is 0 Å². The van der Waals surface area contributed by atoms with Gasteiger partial charge in [0.15, 0.2) is 5.82 Å². The van der Waals surface area contributed by atoms with Crippen LogP contribution in [0.15, 0.2) is 36.7 Å². The number of nitrogens with zero attached hydrogens (tertiary/aromatic N) is 3. The minimum Gasteiger partial charge on any atom is -0.494 e. The molecule has 0 saturated carbocycles. The van der Waals surface area contributed by atoms with Crippen LogP contribution in [0, 0.1) is 0 Å². The number of rotatable bonds is 7. The number of nitrogens with one attached hydrogen (secondary N) is 1. The highest BCUT2D eigenvalue weighted by Crippen LogP contribution is 2.07. The van der Waals surface area contributed by atoms with E-state index in [2.05, 4.69) is 15.4 Å². The van der Waals surface area contributed by atoms with Gasteiger partial charge in [0.2, 0.25) is 0 Å². The molecule has 0 aliphatic heterocycles. The van der Waals surface area contributed by atoms with Crippen molar-refractivity contribution in [2.24, 2.45) is 7.05 Å². The van der Waals surface area contributed by atoms with E-state index in [0.29, 0.717) is 13.2 Å². The van der Waals surface area contributed by atoms with Crippen molar-refractivity contribution in [2.45, 2.75) is 13.0 Å². The molecule has 5 nitrogen and oxygen atoms in total. The van der Waals surface area contributed by atoms with Crippen LogP contribution in [0.2, 0.25) is 0 Å². The summed E-state index contributed by atoms with van der Waals surface area (Å²) in [6.07, 6.45) is 2.66. The van der Waals surface area contributed by atoms with Crippen molar-refractivity contribution in [3.05, 3.63) is 42.5 Å². The lowest BCUT2D eigenvalue weighted by atomic mass is 10.3. The van der Waals surface area contributed by atoms with Crippen LogP contribution in [0.1, 0.15) is 12.2 Å². The van der Waals surface area contributed by atoms with Gasteiger partial charge in [-0.1, -0.05) is 18.2 Å². The molecule has 1 aromatic heterocycles. The molecule has 18 heavy (non-hydrogen) atoms. The van der Waals surface area contributed by atoms with E-state index in [1.165, 1.54) is 0 Å². The minimum absolute atomic E-state index is 0.701. The number of benzene rings is 1. The second-order valence-electron chi connectivity index (χ2n) is 4.03. The van der Waals surface area contributed by atoms with Crippen LogP contribution in [-0.2, 0) is 13.6 Å². The van der Waals surface area contributed by atoms with E-state index < -0.39 is 0 Å². The molecule has 0 atom stereocenters. The fourth-order valence-corrected chi connectivity index (χ4v) is 1.57. The molecule has 0 radical (unpaired) electrons. The third kappa shape index (κ3) is 4.18. The van der Waals surface area contributed by atoms with Crippen molar-refractivity contribution in [3.63, 3.8) is 0 Å². The van der Waals surface area contributed by atoms with Crippen LogP contribution >= 0.6 is 0 Å². The monoisotopic (exact) mass is 246 g/mol. The predicted octanol–water partition coefficient (Wildman–Crippen LogP) is 1.37. The smallest absolute Gasteiger partial charge is 0.164 e. The van der Waals surface area contributed by atoms with Crippen molar-refractivity contribution < 1.29 is 4.74 Å². The Morgan fingerprint density at radius 1 is 1.28 bits per heavy atom.